The van der Waals surface area contributed by atoms with Crippen LogP contribution in [0.25, 0.3) is 0 Å². The minimum Gasteiger partial charge on any atom is -0.487 e. The molecule has 0 bridgehead atoms. The Hall–Kier alpha value is -2.63. The normalized spacial score (nSPS) is 10.4. The first-order chi connectivity index (χ1) is 9.88. The molecule has 0 fully saturated rings. The summed E-state index contributed by atoms with van der Waals surface area (Å²) in [6.45, 7) is 5.54. The monoisotopic (exact) mass is 287 g/mol. The van der Waals surface area contributed by atoms with Gasteiger partial charge in [0, 0.05) is 0 Å². The molecule has 0 amide bonds. The fourth-order valence-corrected chi connectivity index (χ4v) is 2.15. The zero-order valence-electron chi connectivity index (χ0n) is 12.2. The van der Waals surface area contributed by atoms with Gasteiger partial charge in [-0.15, -0.1) is 0 Å². The molecule has 3 N–H and O–H groups in total. The fraction of sp³-hybridized carbons (Fsp3) is 0.267. The van der Waals surface area contributed by atoms with Gasteiger partial charge in [0.1, 0.15) is 17.9 Å². The number of anilines is 1. The predicted octanol–water partition coefficient (Wildman–Crippen LogP) is 2.26. The molecular weight excluding hydrogens is 270 g/mol. The number of aromatic carboxylic acids is 1. The van der Waals surface area contributed by atoms with E-state index in [-0.39, 0.29) is 23.8 Å². The van der Waals surface area contributed by atoms with Crippen LogP contribution in [0.4, 0.5) is 5.95 Å². The molecule has 0 radical (unpaired) electrons. The van der Waals surface area contributed by atoms with Crippen molar-refractivity contribution in [1.82, 2.24) is 9.97 Å². The Morgan fingerprint density at radius 1 is 1.29 bits per heavy atom. The lowest BCUT2D eigenvalue weighted by molar-refractivity contribution is 0.0691. The largest absolute Gasteiger partial charge is 0.487 e. The van der Waals surface area contributed by atoms with E-state index in [0.29, 0.717) is 11.4 Å². The lowest BCUT2D eigenvalue weighted by Gasteiger charge is -2.12. The smallest absolute Gasteiger partial charge is 0.339 e. The van der Waals surface area contributed by atoms with Gasteiger partial charge in [-0.25, -0.2) is 14.8 Å². The Bertz CT molecular complexity index is 699. The SMILES string of the molecule is Cc1ccc(OCc2nc(N)nc(C)c2C(=O)O)c(C)c1. The quantitative estimate of drug-likeness (QED) is 0.895. The number of carbonyl (C=O) groups is 1. The Morgan fingerprint density at radius 2 is 2.00 bits per heavy atom. The van der Waals surface area contributed by atoms with Gasteiger partial charge in [-0.05, 0) is 32.4 Å². The second-order valence-electron chi connectivity index (χ2n) is 4.85. The van der Waals surface area contributed by atoms with E-state index in [0.717, 1.165) is 11.1 Å². The van der Waals surface area contributed by atoms with E-state index >= 15 is 0 Å². The Morgan fingerprint density at radius 3 is 2.62 bits per heavy atom. The van der Waals surface area contributed by atoms with Crippen molar-refractivity contribution in [3.8, 4) is 5.75 Å². The van der Waals surface area contributed by atoms with Crippen LogP contribution in [-0.4, -0.2) is 21.0 Å². The molecule has 0 spiro atoms. The Balaban J connectivity index is 2.29. The lowest BCUT2D eigenvalue weighted by atomic mass is 10.1. The van der Waals surface area contributed by atoms with Gasteiger partial charge in [0.25, 0.3) is 0 Å². The number of benzene rings is 1. The molecule has 0 saturated carbocycles. The molecule has 2 aromatic rings. The third-order valence-corrected chi connectivity index (χ3v) is 3.09. The van der Waals surface area contributed by atoms with Crippen LogP contribution < -0.4 is 10.5 Å². The van der Waals surface area contributed by atoms with Crippen LogP contribution >= 0.6 is 0 Å². The molecule has 0 atom stereocenters. The number of nitrogens with two attached hydrogens (primary N) is 1. The van der Waals surface area contributed by atoms with Crippen molar-refractivity contribution in [2.75, 3.05) is 5.73 Å². The third kappa shape index (κ3) is 3.28. The van der Waals surface area contributed by atoms with Gasteiger partial charge >= 0.3 is 5.97 Å². The highest BCUT2D eigenvalue weighted by atomic mass is 16.5. The average molecular weight is 287 g/mol. The van der Waals surface area contributed by atoms with Crippen LogP contribution in [-0.2, 0) is 6.61 Å². The number of carboxylic acid groups (broad SMARTS) is 1. The molecule has 6 nitrogen and oxygen atoms in total. The maximum absolute atomic E-state index is 11.3. The van der Waals surface area contributed by atoms with Crippen LogP contribution in [0.1, 0.15) is 32.9 Å². The van der Waals surface area contributed by atoms with Crippen molar-refractivity contribution in [3.05, 3.63) is 46.3 Å². The van der Waals surface area contributed by atoms with Crippen LogP contribution in [0.2, 0.25) is 0 Å². The van der Waals surface area contributed by atoms with Gasteiger partial charge in [0.2, 0.25) is 5.95 Å². The van der Waals surface area contributed by atoms with Gasteiger partial charge < -0.3 is 15.6 Å². The van der Waals surface area contributed by atoms with Crippen molar-refractivity contribution in [3.63, 3.8) is 0 Å². The Kier molecular flexibility index (Phi) is 4.07. The number of hydrogen-bond donors (Lipinski definition) is 2. The molecule has 6 heteroatoms. The van der Waals surface area contributed by atoms with Gasteiger partial charge in [0.05, 0.1) is 11.4 Å². The predicted molar refractivity (Wildman–Crippen MR) is 78.4 cm³/mol. The second kappa shape index (κ2) is 5.78. The number of ether oxygens (including phenoxy) is 1. The van der Waals surface area contributed by atoms with Crippen molar-refractivity contribution < 1.29 is 14.6 Å². The summed E-state index contributed by atoms with van der Waals surface area (Å²) in [4.78, 5) is 19.1. The number of aromatic nitrogens is 2. The molecule has 21 heavy (non-hydrogen) atoms. The van der Waals surface area contributed by atoms with Gasteiger partial charge in [-0.1, -0.05) is 17.7 Å². The number of hydrogen-bond acceptors (Lipinski definition) is 5. The van der Waals surface area contributed by atoms with Crippen LogP contribution in [0.15, 0.2) is 18.2 Å². The molecule has 1 aromatic carbocycles. The molecule has 2 rings (SSSR count). The molecule has 110 valence electrons. The second-order valence-corrected chi connectivity index (χ2v) is 4.85. The van der Waals surface area contributed by atoms with Gasteiger partial charge in [0.15, 0.2) is 0 Å². The standard InChI is InChI=1S/C15H17N3O3/c1-8-4-5-12(9(2)6-8)21-7-11-13(14(19)20)10(3)17-15(16)18-11/h4-6H,7H2,1-3H3,(H,19,20)(H2,16,17,18). The fourth-order valence-electron chi connectivity index (χ4n) is 2.15. The highest BCUT2D eigenvalue weighted by molar-refractivity contribution is 5.90. The van der Waals surface area contributed by atoms with Crippen molar-refractivity contribution in [2.45, 2.75) is 27.4 Å². The summed E-state index contributed by atoms with van der Waals surface area (Å²) in [7, 11) is 0. The highest BCUT2D eigenvalue weighted by Gasteiger charge is 2.18. The first-order valence-electron chi connectivity index (χ1n) is 6.45. The minimum atomic E-state index is -1.09. The number of aryl methyl sites for hydroxylation is 3. The summed E-state index contributed by atoms with van der Waals surface area (Å²) >= 11 is 0. The molecule has 0 aliphatic carbocycles. The van der Waals surface area contributed by atoms with Gasteiger partial charge in [-0.3, -0.25) is 0 Å². The average Bonchev–Trinajstić information content (AvgIpc) is 2.36. The maximum atomic E-state index is 11.3. The molecule has 0 aliphatic heterocycles. The number of carboxylic acids is 1. The number of rotatable bonds is 4. The zero-order valence-corrected chi connectivity index (χ0v) is 12.2. The number of nitrogens with zero attached hydrogens (tertiary/aromatic N) is 2. The molecule has 1 heterocycles. The zero-order chi connectivity index (χ0) is 15.6. The first kappa shape index (κ1) is 14.8. The molecule has 0 saturated heterocycles. The van der Waals surface area contributed by atoms with E-state index in [4.69, 9.17) is 10.5 Å². The van der Waals surface area contributed by atoms with Crippen LogP contribution in [0, 0.1) is 20.8 Å². The third-order valence-electron chi connectivity index (χ3n) is 3.09. The van der Waals surface area contributed by atoms with E-state index in [1.165, 1.54) is 0 Å². The summed E-state index contributed by atoms with van der Waals surface area (Å²) in [6.07, 6.45) is 0. The summed E-state index contributed by atoms with van der Waals surface area (Å²) in [5.41, 5.74) is 8.32. The number of nitrogen functional groups attached to an aromatic ring is 1. The summed E-state index contributed by atoms with van der Waals surface area (Å²) < 4.78 is 5.67. The van der Waals surface area contributed by atoms with Crippen LogP contribution in [0.3, 0.4) is 0 Å². The Labute approximate surface area is 122 Å². The lowest BCUT2D eigenvalue weighted by Crippen LogP contribution is -2.14. The van der Waals surface area contributed by atoms with E-state index in [2.05, 4.69) is 9.97 Å². The van der Waals surface area contributed by atoms with Gasteiger partial charge in [-0.2, -0.15) is 0 Å². The highest BCUT2D eigenvalue weighted by Crippen LogP contribution is 2.21. The summed E-state index contributed by atoms with van der Waals surface area (Å²) in [5, 5.41) is 9.25. The van der Waals surface area contributed by atoms with Crippen molar-refractivity contribution in [1.29, 1.82) is 0 Å². The van der Waals surface area contributed by atoms with E-state index in [9.17, 15) is 9.90 Å². The molecular formula is C15H17N3O3. The van der Waals surface area contributed by atoms with Crippen molar-refractivity contribution in [2.24, 2.45) is 0 Å². The summed E-state index contributed by atoms with van der Waals surface area (Å²) in [6, 6.07) is 5.77. The summed E-state index contributed by atoms with van der Waals surface area (Å²) in [5.74, 6) is -0.366. The van der Waals surface area contributed by atoms with Crippen molar-refractivity contribution >= 4 is 11.9 Å². The van der Waals surface area contributed by atoms with Crippen LogP contribution in [0.5, 0.6) is 5.75 Å². The first-order valence-corrected chi connectivity index (χ1v) is 6.45. The van der Waals surface area contributed by atoms with E-state index < -0.39 is 5.97 Å². The van der Waals surface area contributed by atoms with E-state index in [1.54, 1.807) is 6.92 Å². The molecule has 0 aliphatic rings. The van der Waals surface area contributed by atoms with E-state index in [1.807, 2.05) is 32.0 Å². The minimum absolute atomic E-state index is 0.0269. The maximum Gasteiger partial charge on any atom is 0.339 e. The molecule has 1 aromatic heterocycles. The molecule has 0 unspecified atom stereocenters. The topological polar surface area (TPSA) is 98.3 Å².